The molecule has 1 aromatic rings. The molecule has 2 rings (SSSR count). The smallest absolute Gasteiger partial charge is 0.340 e. The first kappa shape index (κ1) is 17.8. The van der Waals surface area contributed by atoms with E-state index in [-0.39, 0.29) is 31.0 Å². The van der Waals surface area contributed by atoms with Gasteiger partial charge in [-0.25, -0.2) is 9.59 Å². The van der Waals surface area contributed by atoms with Crippen LogP contribution in [-0.4, -0.2) is 48.0 Å². The molecule has 3 amide bonds. The Morgan fingerprint density at radius 2 is 2.04 bits per heavy atom. The molecule has 7 nitrogen and oxygen atoms in total. The Labute approximate surface area is 141 Å². The fraction of sp³-hybridized carbons (Fsp3) is 0.471. The third-order valence-electron chi connectivity index (χ3n) is 3.79. The Hall–Kier alpha value is -2.57. The number of anilines is 1. The summed E-state index contributed by atoms with van der Waals surface area (Å²) in [6, 6.07) is 6.06. The van der Waals surface area contributed by atoms with E-state index in [1.165, 1.54) is 0 Å². The molecule has 0 aliphatic carbocycles. The van der Waals surface area contributed by atoms with E-state index >= 15 is 0 Å². The number of nitrogens with zero attached hydrogens (tertiary/aromatic N) is 1. The Balaban J connectivity index is 1.99. The van der Waals surface area contributed by atoms with Crippen LogP contribution >= 0.6 is 0 Å². The Morgan fingerprint density at radius 3 is 2.67 bits per heavy atom. The average molecular weight is 333 g/mol. The zero-order chi connectivity index (χ0) is 17.7. The van der Waals surface area contributed by atoms with Gasteiger partial charge in [0, 0.05) is 19.0 Å². The third kappa shape index (κ3) is 4.24. The molecule has 0 bridgehead atoms. The number of carbonyl (C=O) groups excluding carboxylic acids is 3. The van der Waals surface area contributed by atoms with Gasteiger partial charge in [0.25, 0.3) is 0 Å². The molecule has 0 saturated carbocycles. The maximum absolute atomic E-state index is 12.2. The third-order valence-corrected chi connectivity index (χ3v) is 3.79. The highest BCUT2D eigenvalue weighted by Gasteiger charge is 2.32. The lowest BCUT2D eigenvalue weighted by Crippen LogP contribution is -2.41. The maximum Gasteiger partial charge on any atom is 0.340 e. The number of urea groups is 1. The van der Waals surface area contributed by atoms with Gasteiger partial charge >= 0.3 is 12.0 Å². The van der Waals surface area contributed by atoms with Gasteiger partial charge in [0.05, 0.1) is 23.9 Å². The van der Waals surface area contributed by atoms with Gasteiger partial charge in [0.2, 0.25) is 5.91 Å². The highest BCUT2D eigenvalue weighted by atomic mass is 16.5. The molecule has 0 radical (unpaired) electrons. The van der Waals surface area contributed by atoms with Crippen molar-refractivity contribution in [1.82, 2.24) is 10.2 Å². The van der Waals surface area contributed by atoms with E-state index in [1.54, 1.807) is 36.1 Å². The molecular formula is C17H23N3O4. The van der Waals surface area contributed by atoms with Crippen LogP contribution in [0, 0.1) is 0 Å². The predicted octanol–water partition coefficient (Wildman–Crippen LogP) is 1.99. The van der Waals surface area contributed by atoms with Crippen LogP contribution in [0.15, 0.2) is 24.3 Å². The molecule has 1 unspecified atom stereocenters. The summed E-state index contributed by atoms with van der Waals surface area (Å²) < 4.78 is 4.98. The minimum Gasteiger partial charge on any atom is -0.462 e. The highest BCUT2D eigenvalue weighted by molar-refractivity contribution is 6.01. The summed E-state index contributed by atoms with van der Waals surface area (Å²) in [4.78, 5) is 37.7. The van der Waals surface area contributed by atoms with Crippen LogP contribution in [0.1, 0.15) is 37.6 Å². The topological polar surface area (TPSA) is 87.7 Å². The monoisotopic (exact) mass is 333 g/mol. The van der Waals surface area contributed by atoms with Gasteiger partial charge in [0.15, 0.2) is 0 Å². The zero-order valence-corrected chi connectivity index (χ0v) is 14.2. The summed E-state index contributed by atoms with van der Waals surface area (Å²) in [6.45, 7) is 6.35. The van der Waals surface area contributed by atoms with Gasteiger partial charge in [-0.2, -0.15) is 0 Å². The number of amides is 3. The van der Waals surface area contributed by atoms with Gasteiger partial charge in [-0.3, -0.25) is 4.79 Å². The molecule has 1 atom stereocenters. The molecule has 24 heavy (non-hydrogen) atoms. The number of rotatable bonds is 5. The van der Waals surface area contributed by atoms with Gasteiger partial charge < -0.3 is 20.3 Å². The van der Waals surface area contributed by atoms with E-state index in [1.807, 2.05) is 13.8 Å². The maximum atomic E-state index is 12.2. The van der Waals surface area contributed by atoms with Gasteiger partial charge in [0.1, 0.15) is 0 Å². The summed E-state index contributed by atoms with van der Waals surface area (Å²) in [7, 11) is 0. The van der Waals surface area contributed by atoms with Crippen molar-refractivity contribution in [1.29, 1.82) is 0 Å². The minimum atomic E-state index is -0.490. The number of carbonyl (C=O) groups is 3. The van der Waals surface area contributed by atoms with Crippen molar-refractivity contribution in [3.63, 3.8) is 0 Å². The van der Waals surface area contributed by atoms with Gasteiger partial charge in [-0.1, -0.05) is 12.1 Å². The predicted molar refractivity (Wildman–Crippen MR) is 89.8 cm³/mol. The summed E-state index contributed by atoms with van der Waals surface area (Å²) in [5.74, 6) is -0.461. The van der Waals surface area contributed by atoms with Crippen LogP contribution in [0.5, 0.6) is 0 Å². The first-order valence-corrected chi connectivity index (χ1v) is 8.05. The van der Waals surface area contributed by atoms with Crippen molar-refractivity contribution in [2.24, 2.45) is 0 Å². The number of benzene rings is 1. The first-order chi connectivity index (χ1) is 11.4. The lowest BCUT2D eigenvalue weighted by Gasteiger charge is -2.21. The number of likely N-dealkylation sites (tertiary alicyclic amines) is 1. The second kappa shape index (κ2) is 7.81. The second-order valence-corrected chi connectivity index (χ2v) is 5.91. The molecule has 1 saturated heterocycles. The number of para-hydroxylation sites is 1. The number of esters is 1. The standard InChI is InChI=1S/C17H23N3O4/c1-4-24-16(22)13-7-5-6-8-14(13)19-17(23)18-12-9-15(21)20(10-12)11(2)3/h5-8,11-12H,4,9-10H2,1-3H3,(H2,18,19,23). The molecular weight excluding hydrogens is 310 g/mol. The summed E-state index contributed by atoms with van der Waals surface area (Å²) >= 11 is 0. The number of nitrogens with one attached hydrogen (secondary N) is 2. The fourth-order valence-electron chi connectivity index (χ4n) is 2.65. The van der Waals surface area contributed by atoms with Crippen molar-refractivity contribution >= 4 is 23.6 Å². The molecule has 0 aromatic heterocycles. The fourth-order valence-corrected chi connectivity index (χ4v) is 2.65. The van der Waals surface area contributed by atoms with Gasteiger partial charge in [-0.15, -0.1) is 0 Å². The van der Waals surface area contributed by atoms with Crippen LogP contribution in [-0.2, 0) is 9.53 Å². The lowest BCUT2D eigenvalue weighted by atomic mass is 10.2. The normalized spacial score (nSPS) is 17.1. The Morgan fingerprint density at radius 1 is 1.33 bits per heavy atom. The molecule has 1 aliphatic heterocycles. The van der Waals surface area contributed by atoms with E-state index < -0.39 is 12.0 Å². The Kier molecular flexibility index (Phi) is 5.78. The van der Waals surface area contributed by atoms with E-state index in [0.29, 0.717) is 17.8 Å². The van der Waals surface area contributed by atoms with Crippen molar-refractivity contribution in [2.45, 2.75) is 39.3 Å². The van der Waals surface area contributed by atoms with Crippen molar-refractivity contribution < 1.29 is 19.1 Å². The van der Waals surface area contributed by atoms with Crippen molar-refractivity contribution in [3.8, 4) is 0 Å². The van der Waals surface area contributed by atoms with Crippen LogP contribution in [0.4, 0.5) is 10.5 Å². The molecule has 2 N–H and O–H groups in total. The molecule has 0 spiro atoms. The van der Waals surface area contributed by atoms with E-state index in [9.17, 15) is 14.4 Å². The van der Waals surface area contributed by atoms with Crippen molar-refractivity contribution in [2.75, 3.05) is 18.5 Å². The Bertz CT molecular complexity index is 630. The summed E-state index contributed by atoms with van der Waals surface area (Å²) in [6.07, 6.45) is 0.283. The quantitative estimate of drug-likeness (QED) is 0.807. The molecule has 1 heterocycles. The number of ether oxygens (including phenoxy) is 1. The second-order valence-electron chi connectivity index (χ2n) is 5.91. The van der Waals surface area contributed by atoms with Crippen LogP contribution < -0.4 is 10.6 Å². The largest absolute Gasteiger partial charge is 0.462 e. The molecule has 1 aliphatic rings. The molecule has 130 valence electrons. The lowest BCUT2D eigenvalue weighted by molar-refractivity contribution is -0.129. The van der Waals surface area contributed by atoms with E-state index in [4.69, 9.17) is 4.74 Å². The van der Waals surface area contributed by atoms with E-state index in [2.05, 4.69) is 10.6 Å². The first-order valence-electron chi connectivity index (χ1n) is 8.05. The van der Waals surface area contributed by atoms with E-state index in [0.717, 1.165) is 0 Å². The zero-order valence-electron chi connectivity index (χ0n) is 14.2. The average Bonchev–Trinajstić information content (AvgIpc) is 2.88. The minimum absolute atomic E-state index is 0.0298. The van der Waals surface area contributed by atoms with Crippen LogP contribution in [0.25, 0.3) is 0 Å². The molecule has 1 aromatic carbocycles. The van der Waals surface area contributed by atoms with Crippen LogP contribution in [0.3, 0.4) is 0 Å². The summed E-state index contributed by atoms with van der Waals surface area (Å²) in [5.41, 5.74) is 0.666. The number of hydrogen-bond acceptors (Lipinski definition) is 4. The number of hydrogen-bond donors (Lipinski definition) is 2. The SMILES string of the molecule is CCOC(=O)c1ccccc1NC(=O)NC1CC(=O)N(C(C)C)C1. The van der Waals surface area contributed by atoms with Crippen molar-refractivity contribution in [3.05, 3.63) is 29.8 Å². The van der Waals surface area contributed by atoms with Gasteiger partial charge in [-0.05, 0) is 32.9 Å². The molecule has 1 fully saturated rings. The molecule has 7 heteroatoms. The van der Waals surface area contributed by atoms with Crippen LogP contribution in [0.2, 0.25) is 0 Å². The highest BCUT2D eigenvalue weighted by Crippen LogP contribution is 2.17. The summed E-state index contributed by atoms with van der Waals surface area (Å²) in [5, 5.41) is 5.43.